The number of nitrogens with zero attached hydrogens (tertiary/aromatic N) is 1. The Labute approximate surface area is 112 Å². The van der Waals surface area contributed by atoms with Crippen LogP contribution in [-0.2, 0) is 4.79 Å². The van der Waals surface area contributed by atoms with Gasteiger partial charge < -0.3 is 19.5 Å². The molecule has 2 rings (SSSR count). The van der Waals surface area contributed by atoms with Gasteiger partial charge in [-0.1, -0.05) is 0 Å². The number of ether oxygens (including phenoxy) is 2. The van der Waals surface area contributed by atoms with E-state index in [1.807, 2.05) is 18.2 Å². The highest BCUT2D eigenvalue weighted by Crippen LogP contribution is 2.36. The largest absolute Gasteiger partial charge is 0.497 e. The topological polar surface area (TPSA) is 59.0 Å². The molecule has 0 amide bonds. The van der Waals surface area contributed by atoms with Crippen molar-refractivity contribution in [2.45, 2.75) is 25.3 Å². The van der Waals surface area contributed by atoms with Crippen molar-refractivity contribution in [3.8, 4) is 11.5 Å². The van der Waals surface area contributed by atoms with Gasteiger partial charge in [-0.2, -0.15) is 0 Å². The van der Waals surface area contributed by atoms with Crippen molar-refractivity contribution in [1.29, 1.82) is 0 Å². The lowest BCUT2D eigenvalue weighted by molar-refractivity contribution is -0.137. The molecule has 0 bridgehead atoms. The van der Waals surface area contributed by atoms with Crippen molar-refractivity contribution in [2.75, 3.05) is 25.7 Å². The smallest absolute Gasteiger partial charge is 0.305 e. The fraction of sp³-hybridized carbons (Fsp3) is 0.500. The fourth-order valence-electron chi connectivity index (χ4n) is 2.59. The van der Waals surface area contributed by atoms with Crippen LogP contribution in [0, 0.1) is 0 Å². The number of hydrogen-bond donors (Lipinski definition) is 1. The number of rotatable bonds is 5. The summed E-state index contributed by atoms with van der Waals surface area (Å²) in [6, 6.07) is 5.66. The standard InChI is InChI=1S/C14H19NO4/c1-18-11-5-6-12(13(9-11)19-2)15-7-3-4-10(15)8-14(16)17/h5-6,9-10H,3-4,7-8H2,1-2H3,(H,16,17). The lowest BCUT2D eigenvalue weighted by atomic mass is 10.1. The molecule has 0 spiro atoms. The first-order valence-electron chi connectivity index (χ1n) is 6.36. The molecule has 1 aliphatic rings. The molecule has 0 aliphatic carbocycles. The van der Waals surface area contributed by atoms with E-state index in [9.17, 15) is 4.79 Å². The van der Waals surface area contributed by atoms with Crippen molar-refractivity contribution in [2.24, 2.45) is 0 Å². The molecule has 1 aromatic rings. The highest BCUT2D eigenvalue weighted by Gasteiger charge is 2.28. The van der Waals surface area contributed by atoms with E-state index in [0.29, 0.717) is 0 Å². The molecule has 1 heterocycles. The molecule has 5 nitrogen and oxygen atoms in total. The lowest BCUT2D eigenvalue weighted by Crippen LogP contribution is -2.31. The quantitative estimate of drug-likeness (QED) is 0.884. The molecular formula is C14H19NO4. The van der Waals surface area contributed by atoms with E-state index < -0.39 is 5.97 Å². The van der Waals surface area contributed by atoms with Gasteiger partial charge in [-0.05, 0) is 25.0 Å². The summed E-state index contributed by atoms with van der Waals surface area (Å²) < 4.78 is 10.6. The van der Waals surface area contributed by atoms with E-state index in [4.69, 9.17) is 14.6 Å². The van der Waals surface area contributed by atoms with Crippen molar-refractivity contribution in [3.05, 3.63) is 18.2 Å². The average molecular weight is 265 g/mol. The van der Waals surface area contributed by atoms with Crippen LogP contribution in [0.15, 0.2) is 18.2 Å². The Balaban J connectivity index is 2.27. The van der Waals surface area contributed by atoms with Gasteiger partial charge in [-0.15, -0.1) is 0 Å². The second-order valence-corrected chi connectivity index (χ2v) is 4.63. The number of methoxy groups -OCH3 is 2. The summed E-state index contributed by atoms with van der Waals surface area (Å²) >= 11 is 0. The van der Waals surface area contributed by atoms with Crippen LogP contribution < -0.4 is 14.4 Å². The van der Waals surface area contributed by atoms with Crippen molar-refractivity contribution in [1.82, 2.24) is 0 Å². The fourth-order valence-corrected chi connectivity index (χ4v) is 2.59. The Hall–Kier alpha value is -1.91. The highest BCUT2D eigenvalue weighted by atomic mass is 16.5. The van der Waals surface area contributed by atoms with Crippen LogP contribution in [0.4, 0.5) is 5.69 Å². The second-order valence-electron chi connectivity index (χ2n) is 4.63. The number of hydrogen-bond acceptors (Lipinski definition) is 4. The van der Waals surface area contributed by atoms with Crippen LogP contribution in [0.5, 0.6) is 11.5 Å². The first-order valence-corrected chi connectivity index (χ1v) is 6.36. The minimum atomic E-state index is -0.760. The van der Waals surface area contributed by atoms with E-state index in [-0.39, 0.29) is 12.5 Å². The van der Waals surface area contributed by atoms with Crippen LogP contribution in [0.2, 0.25) is 0 Å². The molecule has 0 radical (unpaired) electrons. The van der Waals surface area contributed by atoms with Gasteiger partial charge in [-0.25, -0.2) is 0 Å². The monoisotopic (exact) mass is 265 g/mol. The van der Waals surface area contributed by atoms with Gasteiger partial charge in [0.2, 0.25) is 0 Å². The molecule has 1 saturated heterocycles. The average Bonchev–Trinajstić information content (AvgIpc) is 2.85. The molecule has 1 aromatic carbocycles. The third-order valence-corrected chi connectivity index (χ3v) is 3.48. The maximum atomic E-state index is 10.9. The van der Waals surface area contributed by atoms with Crippen LogP contribution in [-0.4, -0.2) is 37.9 Å². The molecule has 5 heteroatoms. The number of carboxylic acid groups (broad SMARTS) is 1. The molecule has 1 unspecified atom stereocenters. The highest BCUT2D eigenvalue weighted by molar-refractivity contribution is 5.70. The molecule has 1 atom stereocenters. The summed E-state index contributed by atoms with van der Waals surface area (Å²) in [4.78, 5) is 13.0. The first-order chi connectivity index (χ1) is 9.15. The third kappa shape index (κ3) is 2.92. The van der Waals surface area contributed by atoms with E-state index >= 15 is 0 Å². The zero-order valence-corrected chi connectivity index (χ0v) is 11.3. The molecule has 0 saturated carbocycles. The number of carboxylic acids is 1. The minimum Gasteiger partial charge on any atom is -0.497 e. The Kier molecular flexibility index (Phi) is 4.14. The molecule has 104 valence electrons. The number of aliphatic carboxylic acids is 1. The molecule has 1 aliphatic heterocycles. The SMILES string of the molecule is COc1ccc(N2CCCC2CC(=O)O)c(OC)c1. The van der Waals surface area contributed by atoms with Gasteiger partial charge >= 0.3 is 5.97 Å². The van der Waals surface area contributed by atoms with Crippen LogP contribution in [0.25, 0.3) is 0 Å². The zero-order chi connectivity index (χ0) is 13.8. The number of benzene rings is 1. The van der Waals surface area contributed by atoms with Gasteiger partial charge in [0.1, 0.15) is 11.5 Å². The third-order valence-electron chi connectivity index (χ3n) is 3.48. The van der Waals surface area contributed by atoms with Crippen LogP contribution in [0.1, 0.15) is 19.3 Å². The predicted molar refractivity (Wildman–Crippen MR) is 72.2 cm³/mol. The van der Waals surface area contributed by atoms with Crippen LogP contribution in [0.3, 0.4) is 0 Å². The zero-order valence-electron chi connectivity index (χ0n) is 11.3. The summed E-state index contributed by atoms with van der Waals surface area (Å²) in [5.41, 5.74) is 0.937. The van der Waals surface area contributed by atoms with E-state index in [0.717, 1.165) is 36.6 Å². The summed E-state index contributed by atoms with van der Waals surface area (Å²) in [7, 11) is 3.22. The molecule has 1 fully saturated rings. The van der Waals surface area contributed by atoms with E-state index in [2.05, 4.69) is 4.90 Å². The van der Waals surface area contributed by atoms with E-state index in [1.165, 1.54) is 0 Å². The van der Waals surface area contributed by atoms with Gasteiger partial charge in [-0.3, -0.25) is 4.79 Å². The Morgan fingerprint density at radius 1 is 1.42 bits per heavy atom. The minimum absolute atomic E-state index is 0.0415. The summed E-state index contributed by atoms with van der Waals surface area (Å²) in [5.74, 6) is 0.690. The summed E-state index contributed by atoms with van der Waals surface area (Å²) in [5, 5.41) is 8.97. The first kappa shape index (κ1) is 13.5. The summed E-state index contributed by atoms with van der Waals surface area (Å²) in [6.45, 7) is 0.862. The summed E-state index contributed by atoms with van der Waals surface area (Å²) in [6.07, 6.45) is 2.07. The lowest BCUT2D eigenvalue weighted by Gasteiger charge is -2.27. The maximum absolute atomic E-state index is 10.9. The predicted octanol–water partition coefficient (Wildman–Crippen LogP) is 2.15. The van der Waals surface area contributed by atoms with Gasteiger partial charge in [0.05, 0.1) is 26.3 Å². The molecule has 0 aromatic heterocycles. The maximum Gasteiger partial charge on any atom is 0.305 e. The van der Waals surface area contributed by atoms with Gasteiger partial charge in [0, 0.05) is 18.7 Å². The molecule has 19 heavy (non-hydrogen) atoms. The van der Waals surface area contributed by atoms with Crippen molar-refractivity contribution in [3.63, 3.8) is 0 Å². The van der Waals surface area contributed by atoms with Crippen molar-refractivity contribution >= 4 is 11.7 Å². The number of anilines is 1. The Bertz CT molecular complexity index is 461. The normalized spacial score (nSPS) is 18.4. The second kappa shape index (κ2) is 5.82. The Morgan fingerprint density at radius 3 is 2.84 bits per heavy atom. The number of carbonyl (C=O) groups is 1. The van der Waals surface area contributed by atoms with E-state index in [1.54, 1.807) is 14.2 Å². The van der Waals surface area contributed by atoms with Gasteiger partial charge in [0.15, 0.2) is 0 Å². The van der Waals surface area contributed by atoms with Gasteiger partial charge in [0.25, 0.3) is 0 Å². The van der Waals surface area contributed by atoms with Crippen molar-refractivity contribution < 1.29 is 19.4 Å². The molecule has 1 N–H and O–H groups in total. The molecular weight excluding hydrogens is 246 g/mol. The van der Waals surface area contributed by atoms with Crippen LogP contribution >= 0.6 is 0 Å². The Morgan fingerprint density at radius 2 is 2.21 bits per heavy atom.